The minimum Gasteiger partial charge on any atom is -0.380 e. The lowest BCUT2D eigenvalue weighted by Gasteiger charge is -2.11. The van der Waals surface area contributed by atoms with E-state index in [1.165, 1.54) is 0 Å². The Morgan fingerprint density at radius 1 is 0.519 bits per heavy atom. The molecule has 0 aliphatic rings. The Balaban J connectivity index is 2.52. The molecular formula is C18H36N6O3. The van der Waals surface area contributed by atoms with Crippen molar-refractivity contribution in [3.63, 3.8) is 0 Å². The topological polar surface area (TPSA) is 102 Å². The lowest BCUT2D eigenvalue weighted by atomic mass is 10.5. The third kappa shape index (κ3) is 12.3. The van der Waals surface area contributed by atoms with Gasteiger partial charge in [0.15, 0.2) is 0 Å². The maximum atomic E-state index is 5.47. The fraction of sp³-hybridized carbons (Fsp3) is 0.833. The Kier molecular flexibility index (Phi) is 14.2. The minimum absolute atomic E-state index is 0.513. The van der Waals surface area contributed by atoms with E-state index in [0.29, 0.717) is 57.3 Å². The number of nitrogens with one attached hydrogen (secondary N) is 3. The van der Waals surface area contributed by atoms with E-state index in [-0.39, 0.29) is 0 Å². The van der Waals surface area contributed by atoms with Gasteiger partial charge in [0.1, 0.15) is 0 Å². The molecular weight excluding hydrogens is 348 g/mol. The molecule has 156 valence electrons. The average molecular weight is 385 g/mol. The van der Waals surface area contributed by atoms with E-state index in [2.05, 4.69) is 51.7 Å². The van der Waals surface area contributed by atoms with Crippen LogP contribution in [0.3, 0.4) is 0 Å². The van der Waals surface area contributed by atoms with Crippen molar-refractivity contribution in [3.05, 3.63) is 0 Å². The fourth-order valence-corrected chi connectivity index (χ4v) is 2.06. The molecule has 0 aromatic carbocycles. The summed E-state index contributed by atoms with van der Waals surface area (Å²) in [6.07, 6.45) is 3.02. The molecule has 0 saturated carbocycles. The first-order valence-electron chi connectivity index (χ1n) is 10.0. The molecule has 1 heterocycles. The quantitative estimate of drug-likeness (QED) is 0.329. The van der Waals surface area contributed by atoms with Gasteiger partial charge in [0, 0.05) is 39.5 Å². The van der Waals surface area contributed by atoms with Crippen LogP contribution in [0.2, 0.25) is 0 Å². The molecule has 9 nitrogen and oxygen atoms in total. The van der Waals surface area contributed by atoms with Gasteiger partial charge in [0.05, 0.1) is 19.8 Å². The predicted octanol–water partition coefficient (Wildman–Crippen LogP) is 2.39. The zero-order valence-electron chi connectivity index (χ0n) is 17.1. The Morgan fingerprint density at radius 3 is 1.07 bits per heavy atom. The monoisotopic (exact) mass is 384 g/mol. The molecule has 0 bridgehead atoms. The first-order valence-corrected chi connectivity index (χ1v) is 10.0. The van der Waals surface area contributed by atoms with Gasteiger partial charge in [0.25, 0.3) is 0 Å². The summed E-state index contributed by atoms with van der Waals surface area (Å²) in [4.78, 5) is 13.2. The summed E-state index contributed by atoms with van der Waals surface area (Å²) in [6.45, 7) is 12.3. The first kappa shape index (κ1) is 23.3. The van der Waals surface area contributed by atoms with E-state index in [4.69, 9.17) is 14.2 Å². The molecule has 1 aromatic rings. The normalized spacial score (nSPS) is 10.8. The lowest BCUT2D eigenvalue weighted by Crippen LogP contribution is -2.18. The van der Waals surface area contributed by atoms with Gasteiger partial charge in [-0.2, -0.15) is 15.0 Å². The van der Waals surface area contributed by atoms with Crippen molar-refractivity contribution in [2.45, 2.75) is 40.0 Å². The van der Waals surface area contributed by atoms with E-state index in [1.54, 1.807) is 0 Å². The van der Waals surface area contributed by atoms with E-state index in [1.807, 2.05) is 0 Å². The SMILES string of the molecule is CCCOCCNc1nc(NCCOCCC)nc(NCCOCCC)n1. The first-order chi connectivity index (χ1) is 13.3. The number of anilines is 3. The standard InChI is InChI=1S/C18H36N6O3/c1-4-10-25-13-7-19-16-22-17(20-8-14-26-11-5-2)24-18(23-16)21-9-15-27-12-6-3/h4-15H2,1-3H3,(H3,19,20,21,22,23,24). The number of ether oxygens (including phenoxy) is 3. The molecule has 1 rings (SSSR count). The van der Waals surface area contributed by atoms with Gasteiger partial charge >= 0.3 is 0 Å². The molecule has 0 amide bonds. The van der Waals surface area contributed by atoms with E-state index < -0.39 is 0 Å². The number of nitrogens with zero attached hydrogens (tertiary/aromatic N) is 3. The van der Waals surface area contributed by atoms with Gasteiger partial charge in [-0.3, -0.25) is 0 Å². The Bertz CT molecular complexity index is 399. The molecule has 0 aliphatic carbocycles. The molecule has 0 atom stereocenters. The summed E-state index contributed by atoms with van der Waals surface area (Å²) in [5.74, 6) is 1.54. The molecule has 0 radical (unpaired) electrons. The third-order valence-electron chi connectivity index (χ3n) is 3.27. The maximum Gasteiger partial charge on any atom is 0.229 e. The smallest absolute Gasteiger partial charge is 0.229 e. The zero-order chi connectivity index (χ0) is 19.6. The van der Waals surface area contributed by atoms with Crippen LogP contribution in [0.15, 0.2) is 0 Å². The van der Waals surface area contributed by atoms with E-state index in [9.17, 15) is 0 Å². The molecule has 1 aromatic heterocycles. The second-order valence-electron chi connectivity index (χ2n) is 5.92. The van der Waals surface area contributed by atoms with Crippen LogP contribution in [-0.4, -0.2) is 74.2 Å². The molecule has 0 fully saturated rings. The highest BCUT2D eigenvalue weighted by Crippen LogP contribution is 2.09. The predicted molar refractivity (Wildman–Crippen MR) is 109 cm³/mol. The van der Waals surface area contributed by atoms with E-state index >= 15 is 0 Å². The molecule has 0 unspecified atom stereocenters. The highest BCUT2D eigenvalue weighted by molar-refractivity contribution is 5.42. The number of aromatic nitrogens is 3. The third-order valence-corrected chi connectivity index (χ3v) is 3.27. The van der Waals surface area contributed by atoms with Crippen molar-refractivity contribution in [1.82, 2.24) is 15.0 Å². The fourth-order valence-electron chi connectivity index (χ4n) is 2.06. The van der Waals surface area contributed by atoms with Crippen molar-refractivity contribution in [2.75, 3.05) is 75.2 Å². The van der Waals surface area contributed by atoms with Crippen LogP contribution >= 0.6 is 0 Å². The van der Waals surface area contributed by atoms with Gasteiger partial charge in [-0.05, 0) is 19.3 Å². The highest BCUT2D eigenvalue weighted by atomic mass is 16.5. The van der Waals surface area contributed by atoms with Crippen LogP contribution in [0.1, 0.15) is 40.0 Å². The molecule has 0 saturated heterocycles. The average Bonchev–Trinajstić information content (AvgIpc) is 2.67. The van der Waals surface area contributed by atoms with Crippen molar-refractivity contribution in [3.8, 4) is 0 Å². The van der Waals surface area contributed by atoms with Crippen LogP contribution in [0, 0.1) is 0 Å². The van der Waals surface area contributed by atoms with Gasteiger partial charge in [0.2, 0.25) is 17.8 Å². The second kappa shape index (κ2) is 16.5. The highest BCUT2D eigenvalue weighted by Gasteiger charge is 2.06. The van der Waals surface area contributed by atoms with Crippen molar-refractivity contribution in [1.29, 1.82) is 0 Å². The Labute approximate surface area is 163 Å². The number of hydrogen-bond acceptors (Lipinski definition) is 9. The van der Waals surface area contributed by atoms with Gasteiger partial charge in [-0.1, -0.05) is 20.8 Å². The number of rotatable bonds is 18. The largest absolute Gasteiger partial charge is 0.380 e. The van der Waals surface area contributed by atoms with Crippen LogP contribution < -0.4 is 16.0 Å². The summed E-state index contributed by atoms with van der Waals surface area (Å²) in [5.41, 5.74) is 0. The van der Waals surface area contributed by atoms with Gasteiger partial charge in [-0.15, -0.1) is 0 Å². The maximum absolute atomic E-state index is 5.47. The van der Waals surface area contributed by atoms with Crippen molar-refractivity contribution >= 4 is 17.8 Å². The summed E-state index contributed by atoms with van der Waals surface area (Å²) in [6, 6.07) is 0. The summed E-state index contributed by atoms with van der Waals surface area (Å²) in [7, 11) is 0. The molecule has 0 aliphatic heterocycles. The van der Waals surface area contributed by atoms with Crippen molar-refractivity contribution in [2.24, 2.45) is 0 Å². The number of hydrogen-bond donors (Lipinski definition) is 3. The Hall–Kier alpha value is -1.71. The molecule has 9 heteroatoms. The van der Waals surface area contributed by atoms with Gasteiger partial charge < -0.3 is 30.2 Å². The van der Waals surface area contributed by atoms with Gasteiger partial charge in [-0.25, -0.2) is 0 Å². The van der Waals surface area contributed by atoms with Crippen LogP contribution in [0.25, 0.3) is 0 Å². The van der Waals surface area contributed by atoms with E-state index in [0.717, 1.165) is 39.1 Å². The summed E-state index contributed by atoms with van der Waals surface area (Å²) >= 11 is 0. The van der Waals surface area contributed by atoms with Crippen LogP contribution in [0.4, 0.5) is 17.8 Å². The van der Waals surface area contributed by atoms with Crippen LogP contribution in [-0.2, 0) is 14.2 Å². The molecule has 3 N–H and O–H groups in total. The van der Waals surface area contributed by atoms with Crippen LogP contribution in [0.5, 0.6) is 0 Å². The minimum atomic E-state index is 0.513. The Morgan fingerprint density at radius 2 is 0.815 bits per heavy atom. The van der Waals surface area contributed by atoms with Crippen molar-refractivity contribution < 1.29 is 14.2 Å². The lowest BCUT2D eigenvalue weighted by molar-refractivity contribution is 0.144. The summed E-state index contributed by atoms with van der Waals surface area (Å²) in [5, 5.41) is 9.53. The molecule has 0 spiro atoms. The zero-order valence-corrected chi connectivity index (χ0v) is 17.1. The molecule has 27 heavy (non-hydrogen) atoms. The second-order valence-corrected chi connectivity index (χ2v) is 5.92. The summed E-state index contributed by atoms with van der Waals surface area (Å²) < 4.78 is 16.4.